The SMILES string of the molecule is CCn1c(SCC(=O)Nc2ccccc2F)nnc1[C@@H](C)NC(=O)c1ccc(Cl)c(Cl)c1. The van der Waals surface area contributed by atoms with Crippen LogP contribution in [0.1, 0.15) is 36.1 Å². The van der Waals surface area contributed by atoms with Crippen LogP contribution < -0.4 is 10.6 Å². The van der Waals surface area contributed by atoms with Gasteiger partial charge in [-0.2, -0.15) is 0 Å². The van der Waals surface area contributed by atoms with Crippen LogP contribution in [0.15, 0.2) is 47.6 Å². The molecule has 1 atom stereocenters. The number of para-hydroxylation sites is 1. The predicted octanol–water partition coefficient (Wildman–Crippen LogP) is 4.97. The molecule has 0 fully saturated rings. The molecule has 2 amide bonds. The molecule has 3 rings (SSSR count). The fraction of sp³-hybridized carbons (Fsp3) is 0.238. The Bertz CT molecular complexity index is 1140. The zero-order chi connectivity index (χ0) is 23.3. The van der Waals surface area contributed by atoms with Crippen molar-refractivity contribution in [3.05, 3.63) is 69.7 Å². The van der Waals surface area contributed by atoms with Gasteiger partial charge in [0.25, 0.3) is 5.91 Å². The third-order valence-corrected chi connectivity index (χ3v) is 6.16. The van der Waals surface area contributed by atoms with Crippen LogP contribution in [0.4, 0.5) is 10.1 Å². The van der Waals surface area contributed by atoms with Crippen LogP contribution in [0.5, 0.6) is 0 Å². The van der Waals surface area contributed by atoms with E-state index in [1.807, 2.05) is 6.92 Å². The van der Waals surface area contributed by atoms with E-state index in [1.54, 1.807) is 35.8 Å². The maximum Gasteiger partial charge on any atom is 0.251 e. The molecule has 32 heavy (non-hydrogen) atoms. The summed E-state index contributed by atoms with van der Waals surface area (Å²) in [5.41, 5.74) is 0.489. The van der Waals surface area contributed by atoms with Gasteiger partial charge in [0.1, 0.15) is 5.82 Å². The molecule has 0 aliphatic carbocycles. The number of carbonyl (C=O) groups excluding carboxylic acids is 2. The van der Waals surface area contributed by atoms with Crippen molar-refractivity contribution in [2.45, 2.75) is 31.6 Å². The van der Waals surface area contributed by atoms with Crippen molar-refractivity contribution >= 4 is 52.5 Å². The van der Waals surface area contributed by atoms with Gasteiger partial charge in [0.05, 0.1) is 27.5 Å². The number of anilines is 1. The van der Waals surface area contributed by atoms with E-state index < -0.39 is 11.9 Å². The van der Waals surface area contributed by atoms with Crippen LogP contribution in [0, 0.1) is 5.82 Å². The Kier molecular flexibility index (Phi) is 8.11. The van der Waals surface area contributed by atoms with E-state index in [1.165, 1.54) is 30.0 Å². The van der Waals surface area contributed by atoms with Gasteiger partial charge in [0, 0.05) is 12.1 Å². The lowest BCUT2D eigenvalue weighted by molar-refractivity contribution is -0.113. The summed E-state index contributed by atoms with van der Waals surface area (Å²) in [7, 11) is 0. The number of hydrogen-bond donors (Lipinski definition) is 2. The Labute approximate surface area is 198 Å². The fourth-order valence-electron chi connectivity index (χ4n) is 2.89. The third kappa shape index (κ3) is 5.79. The van der Waals surface area contributed by atoms with Gasteiger partial charge >= 0.3 is 0 Å². The predicted molar refractivity (Wildman–Crippen MR) is 124 cm³/mol. The van der Waals surface area contributed by atoms with Crippen LogP contribution in [0.2, 0.25) is 10.0 Å². The Morgan fingerprint density at radius 2 is 1.91 bits per heavy atom. The van der Waals surface area contributed by atoms with E-state index in [2.05, 4.69) is 20.8 Å². The van der Waals surface area contributed by atoms with Gasteiger partial charge in [-0.3, -0.25) is 9.59 Å². The molecule has 168 valence electrons. The lowest BCUT2D eigenvalue weighted by Gasteiger charge is -2.15. The van der Waals surface area contributed by atoms with E-state index in [-0.39, 0.29) is 28.3 Å². The number of benzene rings is 2. The van der Waals surface area contributed by atoms with Crippen molar-refractivity contribution in [1.29, 1.82) is 0 Å². The van der Waals surface area contributed by atoms with Gasteiger partial charge in [0.2, 0.25) is 5.91 Å². The summed E-state index contributed by atoms with van der Waals surface area (Å²) in [5.74, 6) is -0.640. The summed E-state index contributed by atoms with van der Waals surface area (Å²) in [6, 6.07) is 10.1. The fourth-order valence-corrected chi connectivity index (χ4v) is 3.99. The van der Waals surface area contributed by atoms with E-state index in [0.29, 0.717) is 28.1 Å². The number of thioether (sulfide) groups is 1. The number of nitrogens with one attached hydrogen (secondary N) is 2. The number of nitrogens with zero attached hydrogens (tertiary/aromatic N) is 3. The summed E-state index contributed by atoms with van der Waals surface area (Å²) >= 11 is 13.1. The van der Waals surface area contributed by atoms with E-state index in [0.717, 1.165) is 0 Å². The lowest BCUT2D eigenvalue weighted by Crippen LogP contribution is -2.28. The molecule has 0 aliphatic heterocycles. The Morgan fingerprint density at radius 3 is 2.59 bits per heavy atom. The molecular formula is C21H20Cl2FN5O2S. The molecule has 0 radical (unpaired) electrons. The first-order valence-electron chi connectivity index (χ1n) is 9.66. The van der Waals surface area contributed by atoms with Gasteiger partial charge in [-0.15, -0.1) is 10.2 Å². The van der Waals surface area contributed by atoms with Gasteiger partial charge in [0.15, 0.2) is 11.0 Å². The van der Waals surface area contributed by atoms with E-state index in [9.17, 15) is 14.0 Å². The molecule has 0 unspecified atom stereocenters. The molecule has 7 nitrogen and oxygen atoms in total. The standard InChI is InChI=1S/C21H20Cl2FN5O2S/c1-3-29-19(12(2)25-20(31)13-8-9-14(22)15(23)10-13)27-28-21(29)32-11-18(30)26-17-7-5-4-6-16(17)24/h4-10,12H,3,11H2,1-2H3,(H,25,31)(H,26,30)/t12-/m1/s1. The van der Waals surface area contributed by atoms with Gasteiger partial charge in [-0.25, -0.2) is 4.39 Å². The molecule has 2 N–H and O–H groups in total. The van der Waals surface area contributed by atoms with Crippen LogP contribution in [-0.2, 0) is 11.3 Å². The summed E-state index contributed by atoms with van der Waals surface area (Å²) in [4.78, 5) is 24.8. The molecule has 1 aromatic heterocycles. The van der Waals surface area contributed by atoms with Crippen LogP contribution in [0.25, 0.3) is 0 Å². The normalized spacial score (nSPS) is 11.8. The minimum absolute atomic E-state index is 0.0243. The maximum absolute atomic E-state index is 13.7. The van der Waals surface area contributed by atoms with E-state index >= 15 is 0 Å². The first-order valence-corrected chi connectivity index (χ1v) is 11.4. The van der Waals surface area contributed by atoms with Crippen molar-refractivity contribution in [2.24, 2.45) is 0 Å². The Morgan fingerprint density at radius 1 is 1.16 bits per heavy atom. The molecule has 3 aromatic rings. The third-order valence-electron chi connectivity index (χ3n) is 4.46. The second-order valence-electron chi connectivity index (χ2n) is 6.73. The van der Waals surface area contributed by atoms with Crippen LogP contribution in [0.3, 0.4) is 0 Å². The Balaban J connectivity index is 1.64. The second kappa shape index (κ2) is 10.8. The number of halogens is 3. The summed E-state index contributed by atoms with van der Waals surface area (Å²) in [6.45, 7) is 4.22. The number of aromatic nitrogens is 3. The Hall–Kier alpha value is -2.62. The molecule has 2 aromatic carbocycles. The van der Waals surface area contributed by atoms with Crippen molar-refractivity contribution in [2.75, 3.05) is 11.1 Å². The highest BCUT2D eigenvalue weighted by Crippen LogP contribution is 2.24. The molecule has 0 saturated carbocycles. The average molecular weight is 496 g/mol. The monoisotopic (exact) mass is 495 g/mol. The number of rotatable bonds is 8. The molecule has 11 heteroatoms. The molecule has 0 bridgehead atoms. The summed E-state index contributed by atoms with van der Waals surface area (Å²) in [5, 5.41) is 14.9. The first kappa shape index (κ1) is 24.0. The van der Waals surface area contributed by atoms with Gasteiger partial charge in [-0.05, 0) is 44.2 Å². The highest BCUT2D eigenvalue weighted by molar-refractivity contribution is 7.99. The lowest BCUT2D eigenvalue weighted by atomic mass is 10.2. The molecular weight excluding hydrogens is 476 g/mol. The number of carbonyl (C=O) groups is 2. The van der Waals surface area contributed by atoms with Crippen molar-refractivity contribution in [3.8, 4) is 0 Å². The average Bonchev–Trinajstić information content (AvgIpc) is 3.19. The van der Waals surface area contributed by atoms with Crippen molar-refractivity contribution in [3.63, 3.8) is 0 Å². The molecule has 0 aliphatic rings. The minimum Gasteiger partial charge on any atom is -0.342 e. The van der Waals surface area contributed by atoms with Crippen LogP contribution in [-0.4, -0.2) is 32.3 Å². The summed E-state index contributed by atoms with van der Waals surface area (Å²) in [6.07, 6.45) is 0. The molecule has 1 heterocycles. The largest absolute Gasteiger partial charge is 0.342 e. The maximum atomic E-state index is 13.7. The topological polar surface area (TPSA) is 88.9 Å². The highest BCUT2D eigenvalue weighted by Gasteiger charge is 2.20. The van der Waals surface area contributed by atoms with E-state index in [4.69, 9.17) is 23.2 Å². The second-order valence-corrected chi connectivity index (χ2v) is 8.48. The summed E-state index contributed by atoms with van der Waals surface area (Å²) < 4.78 is 15.5. The van der Waals surface area contributed by atoms with Gasteiger partial charge < -0.3 is 15.2 Å². The highest BCUT2D eigenvalue weighted by atomic mass is 35.5. The zero-order valence-electron chi connectivity index (χ0n) is 17.2. The number of hydrogen-bond acceptors (Lipinski definition) is 5. The zero-order valence-corrected chi connectivity index (χ0v) is 19.6. The minimum atomic E-state index is -0.503. The quantitative estimate of drug-likeness (QED) is 0.430. The van der Waals surface area contributed by atoms with Crippen molar-refractivity contribution in [1.82, 2.24) is 20.1 Å². The van der Waals surface area contributed by atoms with Crippen LogP contribution >= 0.6 is 35.0 Å². The molecule has 0 saturated heterocycles. The first-order chi connectivity index (χ1) is 15.3. The number of amides is 2. The smallest absolute Gasteiger partial charge is 0.251 e. The van der Waals surface area contributed by atoms with Gasteiger partial charge in [-0.1, -0.05) is 47.1 Å². The van der Waals surface area contributed by atoms with Crippen molar-refractivity contribution < 1.29 is 14.0 Å². The molecule has 0 spiro atoms.